The minimum absolute atomic E-state index is 0.583. The SMILES string of the molecule is Cc1cc(Cl)c(-n2c(=S)[nH]c3cc(Br)ccc32)cc1Cl. The fourth-order valence-corrected chi connectivity index (χ4v) is 3.26. The van der Waals surface area contributed by atoms with E-state index in [1.165, 1.54) is 0 Å². The lowest BCUT2D eigenvalue weighted by atomic mass is 10.2. The van der Waals surface area contributed by atoms with Gasteiger partial charge in [0.05, 0.1) is 21.7 Å². The molecular weight excluding hydrogens is 379 g/mol. The fraction of sp³-hybridized carbons (Fsp3) is 0.0714. The molecule has 0 bridgehead atoms. The zero-order valence-corrected chi connectivity index (χ0v) is 14.3. The molecule has 1 heterocycles. The highest BCUT2D eigenvalue weighted by atomic mass is 79.9. The molecule has 0 atom stereocenters. The van der Waals surface area contributed by atoms with Crippen LogP contribution in [0, 0.1) is 11.7 Å². The molecule has 0 unspecified atom stereocenters. The summed E-state index contributed by atoms with van der Waals surface area (Å²) in [5, 5.41) is 1.28. The number of benzene rings is 2. The third kappa shape index (κ3) is 2.31. The van der Waals surface area contributed by atoms with E-state index in [0.29, 0.717) is 14.8 Å². The molecule has 20 heavy (non-hydrogen) atoms. The Morgan fingerprint density at radius 3 is 2.65 bits per heavy atom. The summed E-state index contributed by atoms with van der Waals surface area (Å²) in [5.41, 5.74) is 3.62. The van der Waals surface area contributed by atoms with Crippen LogP contribution in [-0.2, 0) is 0 Å². The Balaban J connectivity index is 2.38. The maximum absolute atomic E-state index is 6.35. The van der Waals surface area contributed by atoms with Crippen LogP contribution in [0.2, 0.25) is 10.0 Å². The number of aryl methyl sites for hydroxylation is 1. The van der Waals surface area contributed by atoms with E-state index in [2.05, 4.69) is 20.9 Å². The van der Waals surface area contributed by atoms with Gasteiger partial charge in [-0.2, -0.15) is 0 Å². The Bertz CT molecular complexity index is 883. The van der Waals surface area contributed by atoms with Crippen molar-refractivity contribution < 1.29 is 0 Å². The topological polar surface area (TPSA) is 20.7 Å². The van der Waals surface area contributed by atoms with Crippen molar-refractivity contribution >= 4 is 62.4 Å². The minimum Gasteiger partial charge on any atom is -0.330 e. The van der Waals surface area contributed by atoms with Gasteiger partial charge in [0, 0.05) is 9.50 Å². The number of hydrogen-bond donors (Lipinski definition) is 1. The van der Waals surface area contributed by atoms with Crippen molar-refractivity contribution in [1.82, 2.24) is 9.55 Å². The highest BCUT2D eigenvalue weighted by Gasteiger charge is 2.12. The molecule has 0 saturated heterocycles. The molecule has 0 spiro atoms. The molecule has 0 aliphatic heterocycles. The maximum Gasteiger partial charge on any atom is 0.182 e. The van der Waals surface area contributed by atoms with Crippen molar-refractivity contribution in [3.63, 3.8) is 0 Å². The molecule has 0 aliphatic rings. The van der Waals surface area contributed by atoms with Crippen LogP contribution >= 0.6 is 51.3 Å². The second-order valence-corrected chi connectivity index (χ2v) is 6.60. The Morgan fingerprint density at radius 1 is 1.15 bits per heavy atom. The summed E-state index contributed by atoms with van der Waals surface area (Å²) in [6, 6.07) is 9.61. The van der Waals surface area contributed by atoms with E-state index in [1.807, 2.05) is 41.8 Å². The highest BCUT2D eigenvalue weighted by molar-refractivity contribution is 9.10. The normalized spacial score (nSPS) is 11.2. The first-order valence-electron chi connectivity index (χ1n) is 5.83. The molecule has 3 aromatic rings. The monoisotopic (exact) mass is 386 g/mol. The molecule has 2 nitrogen and oxygen atoms in total. The summed E-state index contributed by atoms with van der Waals surface area (Å²) in [6.45, 7) is 1.92. The van der Waals surface area contributed by atoms with Crippen LogP contribution < -0.4 is 0 Å². The number of nitrogens with one attached hydrogen (secondary N) is 1. The number of hydrogen-bond acceptors (Lipinski definition) is 1. The summed E-state index contributed by atoms with van der Waals surface area (Å²) >= 11 is 21.4. The second kappa shape index (κ2) is 5.19. The Morgan fingerprint density at radius 2 is 1.90 bits per heavy atom. The Kier molecular flexibility index (Phi) is 3.67. The molecule has 0 fully saturated rings. The van der Waals surface area contributed by atoms with E-state index in [0.717, 1.165) is 26.8 Å². The molecule has 0 amide bonds. The number of imidazole rings is 1. The van der Waals surface area contributed by atoms with Crippen molar-refractivity contribution in [2.24, 2.45) is 0 Å². The third-order valence-electron chi connectivity index (χ3n) is 3.11. The first kappa shape index (κ1) is 14.1. The zero-order valence-electron chi connectivity index (χ0n) is 10.4. The van der Waals surface area contributed by atoms with Crippen LogP contribution in [-0.4, -0.2) is 9.55 Å². The molecule has 6 heteroatoms. The Hall–Kier alpha value is -0.810. The van der Waals surface area contributed by atoms with Crippen LogP contribution in [0.15, 0.2) is 34.8 Å². The van der Waals surface area contributed by atoms with Gasteiger partial charge in [-0.1, -0.05) is 39.1 Å². The van der Waals surface area contributed by atoms with Crippen molar-refractivity contribution in [3.8, 4) is 5.69 Å². The second-order valence-electron chi connectivity index (χ2n) is 4.48. The number of nitrogens with zero attached hydrogens (tertiary/aromatic N) is 1. The molecular formula is C14H9BrCl2N2S. The molecule has 0 saturated carbocycles. The minimum atomic E-state index is 0.583. The number of aromatic nitrogens is 2. The Labute approximate surface area is 139 Å². The van der Waals surface area contributed by atoms with Crippen LogP contribution in [0.1, 0.15) is 5.56 Å². The van der Waals surface area contributed by atoms with Crippen LogP contribution in [0.4, 0.5) is 0 Å². The zero-order chi connectivity index (χ0) is 14.4. The predicted octanol–water partition coefficient (Wildman–Crippen LogP) is 6.07. The van der Waals surface area contributed by atoms with Crippen molar-refractivity contribution in [2.75, 3.05) is 0 Å². The largest absolute Gasteiger partial charge is 0.330 e. The van der Waals surface area contributed by atoms with Crippen molar-refractivity contribution in [1.29, 1.82) is 0 Å². The number of H-pyrrole nitrogens is 1. The average molecular weight is 388 g/mol. The lowest BCUT2D eigenvalue weighted by molar-refractivity contribution is 1.06. The van der Waals surface area contributed by atoms with Crippen LogP contribution in [0.3, 0.4) is 0 Å². The van der Waals surface area contributed by atoms with E-state index < -0.39 is 0 Å². The molecule has 1 N–H and O–H groups in total. The number of halogens is 3. The first-order chi connectivity index (χ1) is 9.47. The molecule has 102 valence electrons. The fourth-order valence-electron chi connectivity index (χ4n) is 2.13. The first-order valence-corrected chi connectivity index (χ1v) is 7.79. The van der Waals surface area contributed by atoms with Crippen molar-refractivity contribution in [2.45, 2.75) is 6.92 Å². The van der Waals surface area contributed by atoms with Gasteiger partial charge in [-0.15, -0.1) is 0 Å². The number of aromatic amines is 1. The molecule has 1 aromatic heterocycles. The standard InChI is InChI=1S/C14H9BrCl2N2S/c1-7-4-10(17)13(6-9(7)16)19-12-3-2-8(15)5-11(12)18-14(19)20/h2-6H,1H3,(H,18,20). The van der Waals surface area contributed by atoms with Gasteiger partial charge in [0.1, 0.15) is 0 Å². The highest BCUT2D eigenvalue weighted by Crippen LogP contribution is 2.31. The van der Waals surface area contributed by atoms with Gasteiger partial charge in [-0.3, -0.25) is 4.57 Å². The van der Waals surface area contributed by atoms with Crippen LogP contribution in [0.25, 0.3) is 16.7 Å². The quantitative estimate of drug-likeness (QED) is 0.502. The summed E-state index contributed by atoms with van der Waals surface area (Å²) < 4.78 is 3.46. The number of fused-ring (bicyclic) bond motifs is 1. The lowest BCUT2D eigenvalue weighted by Gasteiger charge is -2.09. The van der Waals surface area contributed by atoms with Gasteiger partial charge in [-0.25, -0.2) is 0 Å². The van der Waals surface area contributed by atoms with Gasteiger partial charge in [-0.05, 0) is 55.0 Å². The van der Waals surface area contributed by atoms with E-state index in [4.69, 9.17) is 35.4 Å². The van der Waals surface area contributed by atoms with Crippen LogP contribution in [0.5, 0.6) is 0 Å². The molecule has 0 radical (unpaired) electrons. The summed E-state index contributed by atoms with van der Waals surface area (Å²) in [4.78, 5) is 3.17. The van der Waals surface area contributed by atoms with Gasteiger partial charge >= 0.3 is 0 Å². The maximum atomic E-state index is 6.35. The third-order valence-corrected chi connectivity index (χ3v) is 4.60. The summed E-state index contributed by atoms with van der Waals surface area (Å²) in [7, 11) is 0. The van der Waals surface area contributed by atoms with Gasteiger partial charge in [0.2, 0.25) is 0 Å². The summed E-state index contributed by atoms with van der Waals surface area (Å²) in [5.74, 6) is 0. The van der Waals surface area contributed by atoms with Crippen molar-refractivity contribution in [3.05, 3.63) is 55.2 Å². The van der Waals surface area contributed by atoms with E-state index in [9.17, 15) is 0 Å². The van der Waals surface area contributed by atoms with Gasteiger partial charge in [0.15, 0.2) is 4.77 Å². The number of rotatable bonds is 1. The average Bonchev–Trinajstić information content (AvgIpc) is 2.69. The molecule has 3 rings (SSSR count). The predicted molar refractivity (Wildman–Crippen MR) is 90.9 cm³/mol. The van der Waals surface area contributed by atoms with E-state index >= 15 is 0 Å². The van der Waals surface area contributed by atoms with Gasteiger partial charge < -0.3 is 4.98 Å². The van der Waals surface area contributed by atoms with E-state index in [-0.39, 0.29) is 0 Å². The smallest absolute Gasteiger partial charge is 0.182 e. The lowest BCUT2D eigenvalue weighted by Crippen LogP contribution is -1.96. The molecule has 0 aliphatic carbocycles. The van der Waals surface area contributed by atoms with Gasteiger partial charge in [0.25, 0.3) is 0 Å². The van der Waals surface area contributed by atoms with E-state index in [1.54, 1.807) is 0 Å². The molecule has 2 aromatic carbocycles. The summed E-state index contributed by atoms with van der Waals surface area (Å²) in [6.07, 6.45) is 0.